The molecule has 1 aliphatic heterocycles. The first-order chi connectivity index (χ1) is 12.8. The van der Waals surface area contributed by atoms with Gasteiger partial charge in [0.05, 0.1) is 18.8 Å². The Kier molecular flexibility index (Phi) is 5.35. The zero-order valence-corrected chi connectivity index (χ0v) is 18.1. The second kappa shape index (κ2) is 7.40. The standard InChI is InChI=1S/C23H25BrN2O/c1-15-13-23(2,3)26(4)21-12-22(27-5)17(11-20(15)21)9-18(14-25)16-7-6-8-19(24)10-16/h6-12,15H,13H2,1-5H3/b18-9+. The van der Waals surface area contributed by atoms with E-state index >= 15 is 0 Å². The van der Waals surface area contributed by atoms with Gasteiger partial charge in [-0.25, -0.2) is 0 Å². The van der Waals surface area contributed by atoms with Gasteiger partial charge in [0.1, 0.15) is 5.75 Å². The van der Waals surface area contributed by atoms with Crippen molar-refractivity contribution in [1.29, 1.82) is 5.26 Å². The molecule has 0 aromatic heterocycles. The Labute approximate surface area is 170 Å². The van der Waals surface area contributed by atoms with E-state index < -0.39 is 0 Å². The molecule has 140 valence electrons. The van der Waals surface area contributed by atoms with Crippen LogP contribution in [-0.2, 0) is 0 Å². The highest BCUT2D eigenvalue weighted by atomic mass is 79.9. The van der Waals surface area contributed by atoms with E-state index in [2.05, 4.69) is 66.9 Å². The van der Waals surface area contributed by atoms with Gasteiger partial charge in [0.2, 0.25) is 0 Å². The van der Waals surface area contributed by atoms with Crippen LogP contribution in [0, 0.1) is 11.3 Å². The first-order valence-electron chi connectivity index (χ1n) is 9.10. The van der Waals surface area contributed by atoms with Gasteiger partial charge in [-0.3, -0.25) is 0 Å². The zero-order valence-electron chi connectivity index (χ0n) is 16.5. The molecule has 0 aliphatic carbocycles. The van der Waals surface area contributed by atoms with Gasteiger partial charge in [-0.2, -0.15) is 5.26 Å². The SMILES string of the molecule is COc1cc2c(cc1/C=C(\C#N)c1cccc(Br)c1)C(C)CC(C)(C)N2C. The molecule has 0 spiro atoms. The number of halogens is 1. The molecule has 0 radical (unpaired) electrons. The van der Waals surface area contributed by atoms with Crippen LogP contribution < -0.4 is 9.64 Å². The molecule has 0 fully saturated rings. The summed E-state index contributed by atoms with van der Waals surface area (Å²) in [7, 11) is 3.82. The van der Waals surface area contributed by atoms with E-state index in [9.17, 15) is 5.26 Å². The van der Waals surface area contributed by atoms with Crippen LogP contribution in [0.2, 0.25) is 0 Å². The molecule has 0 N–H and O–H groups in total. The van der Waals surface area contributed by atoms with Crippen LogP contribution >= 0.6 is 15.9 Å². The van der Waals surface area contributed by atoms with Crippen molar-refractivity contribution in [3.8, 4) is 11.8 Å². The molecule has 2 aromatic rings. The average molecular weight is 425 g/mol. The molecule has 1 unspecified atom stereocenters. The largest absolute Gasteiger partial charge is 0.496 e. The molecule has 27 heavy (non-hydrogen) atoms. The van der Waals surface area contributed by atoms with E-state index in [1.54, 1.807) is 7.11 Å². The molecular weight excluding hydrogens is 400 g/mol. The summed E-state index contributed by atoms with van der Waals surface area (Å²) in [4.78, 5) is 2.33. The summed E-state index contributed by atoms with van der Waals surface area (Å²) >= 11 is 3.48. The van der Waals surface area contributed by atoms with Crippen molar-refractivity contribution in [3.05, 3.63) is 57.6 Å². The van der Waals surface area contributed by atoms with Gasteiger partial charge in [0.15, 0.2) is 0 Å². The third-order valence-electron chi connectivity index (χ3n) is 5.54. The van der Waals surface area contributed by atoms with Crippen molar-refractivity contribution >= 4 is 33.3 Å². The second-order valence-corrected chi connectivity index (χ2v) is 8.73. The highest BCUT2D eigenvalue weighted by molar-refractivity contribution is 9.10. The summed E-state index contributed by atoms with van der Waals surface area (Å²) < 4.78 is 6.63. The molecule has 1 aliphatic rings. The number of ether oxygens (including phenoxy) is 1. The smallest absolute Gasteiger partial charge is 0.128 e. The van der Waals surface area contributed by atoms with Crippen molar-refractivity contribution in [2.75, 3.05) is 19.1 Å². The normalized spacial score (nSPS) is 18.6. The van der Waals surface area contributed by atoms with Crippen LogP contribution in [0.3, 0.4) is 0 Å². The van der Waals surface area contributed by atoms with Crippen LogP contribution in [-0.4, -0.2) is 19.7 Å². The predicted octanol–water partition coefficient (Wildman–Crippen LogP) is 6.24. The highest BCUT2D eigenvalue weighted by Gasteiger charge is 2.34. The molecular formula is C23H25BrN2O. The molecule has 3 rings (SSSR count). The third-order valence-corrected chi connectivity index (χ3v) is 6.03. The number of hydrogen-bond acceptors (Lipinski definition) is 3. The quantitative estimate of drug-likeness (QED) is 0.431. The first kappa shape index (κ1) is 19.5. The molecule has 3 nitrogen and oxygen atoms in total. The van der Waals surface area contributed by atoms with Crippen molar-refractivity contribution in [2.24, 2.45) is 0 Å². The summed E-state index contributed by atoms with van der Waals surface area (Å²) in [5.74, 6) is 1.23. The fourth-order valence-electron chi connectivity index (χ4n) is 3.89. The van der Waals surface area contributed by atoms with Gasteiger partial charge in [-0.05, 0) is 61.6 Å². The van der Waals surface area contributed by atoms with Crippen LogP contribution in [0.5, 0.6) is 5.75 Å². The lowest BCUT2D eigenvalue weighted by atomic mass is 9.79. The number of nitriles is 1. The molecule has 4 heteroatoms. The Morgan fingerprint density at radius 3 is 2.70 bits per heavy atom. The molecule has 0 saturated carbocycles. The summed E-state index contributed by atoms with van der Waals surface area (Å²) in [6.45, 7) is 6.81. The molecule has 2 aromatic carbocycles. The number of anilines is 1. The number of nitrogens with zero attached hydrogens (tertiary/aromatic N) is 2. The Hall–Kier alpha value is -2.25. The maximum Gasteiger partial charge on any atom is 0.128 e. The summed E-state index contributed by atoms with van der Waals surface area (Å²) in [6.07, 6.45) is 3.01. The van der Waals surface area contributed by atoms with Crippen molar-refractivity contribution in [1.82, 2.24) is 0 Å². The first-order valence-corrected chi connectivity index (χ1v) is 9.89. The van der Waals surface area contributed by atoms with Gasteiger partial charge in [-0.15, -0.1) is 0 Å². The van der Waals surface area contributed by atoms with Crippen LogP contribution in [0.25, 0.3) is 11.6 Å². The molecule has 0 bridgehead atoms. The number of allylic oxidation sites excluding steroid dienone is 1. The summed E-state index contributed by atoms with van der Waals surface area (Å²) in [6, 6.07) is 14.4. The van der Waals surface area contributed by atoms with Gasteiger partial charge < -0.3 is 9.64 Å². The van der Waals surface area contributed by atoms with E-state index in [0.717, 1.165) is 27.8 Å². The monoisotopic (exact) mass is 424 g/mol. The van der Waals surface area contributed by atoms with Crippen molar-refractivity contribution in [3.63, 3.8) is 0 Å². The lowest BCUT2D eigenvalue weighted by Gasteiger charge is -2.45. The fourth-order valence-corrected chi connectivity index (χ4v) is 4.29. The number of methoxy groups -OCH3 is 1. The number of rotatable bonds is 3. The summed E-state index contributed by atoms with van der Waals surface area (Å²) in [5, 5.41) is 9.71. The fraction of sp³-hybridized carbons (Fsp3) is 0.348. The zero-order chi connectivity index (χ0) is 19.8. The average Bonchev–Trinajstić information content (AvgIpc) is 2.63. The number of benzene rings is 2. The maximum atomic E-state index is 9.71. The Morgan fingerprint density at radius 1 is 1.33 bits per heavy atom. The lowest BCUT2D eigenvalue weighted by Crippen LogP contribution is -2.45. The highest BCUT2D eigenvalue weighted by Crippen LogP contribution is 2.45. The topological polar surface area (TPSA) is 36.3 Å². The second-order valence-electron chi connectivity index (χ2n) is 7.81. The van der Waals surface area contributed by atoms with Gasteiger partial charge in [0, 0.05) is 34.4 Å². The third kappa shape index (κ3) is 3.75. The Balaban J connectivity index is 2.14. The van der Waals surface area contributed by atoms with Crippen LogP contribution in [0.4, 0.5) is 5.69 Å². The molecule has 0 amide bonds. The van der Waals surface area contributed by atoms with Gasteiger partial charge in [0.25, 0.3) is 0 Å². The summed E-state index contributed by atoms with van der Waals surface area (Å²) in [5.41, 5.74) is 5.05. The van der Waals surface area contributed by atoms with E-state index in [1.165, 1.54) is 11.3 Å². The Morgan fingerprint density at radius 2 is 2.07 bits per heavy atom. The molecule has 0 saturated heterocycles. The van der Waals surface area contributed by atoms with E-state index in [0.29, 0.717) is 11.5 Å². The Bertz CT molecular complexity index is 940. The lowest BCUT2D eigenvalue weighted by molar-refractivity contribution is 0.389. The van der Waals surface area contributed by atoms with E-state index in [-0.39, 0.29) is 5.54 Å². The maximum absolute atomic E-state index is 9.71. The molecule has 1 heterocycles. The van der Waals surface area contributed by atoms with Crippen molar-refractivity contribution in [2.45, 2.75) is 38.6 Å². The van der Waals surface area contributed by atoms with Crippen molar-refractivity contribution < 1.29 is 4.74 Å². The predicted molar refractivity (Wildman–Crippen MR) is 116 cm³/mol. The minimum Gasteiger partial charge on any atom is -0.496 e. The van der Waals surface area contributed by atoms with Crippen LogP contribution in [0.15, 0.2) is 40.9 Å². The van der Waals surface area contributed by atoms with Crippen LogP contribution in [0.1, 0.15) is 49.8 Å². The molecule has 1 atom stereocenters. The van der Waals surface area contributed by atoms with E-state index in [4.69, 9.17) is 4.74 Å². The number of hydrogen-bond donors (Lipinski definition) is 0. The minimum absolute atomic E-state index is 0.100. The van der Waals surface area contributed by atoms with E-state index in [1.807, 2.05) is 30.3 Å². The minimum atomic E-state index is 0.100. The number of fused-ring (bicyclic) bond motifs is 1. The van der Waals surface area contributed by atoms with Gasteiger partial charge in [-0.1, -0.05) is 35.0 Å². The van der Waals surface area contributed by atoms with Gasteiger partial charge >= 0.3 is 0 Å².